The second-order valence-electron chi connectivity index (χ2n) is 2.05. The molecule has 1 aromatic heterocycles. The van der Waals surface area contributed by atoms with Crippen molar-refractivity contribution in [3.05, 3.63) is 41.2 Å². The zero-order valence-electron chi connectivity index (χ0n) is 5.87. The number of aromatic nitrogens is 1. The van der Waals surface area contributed by atoms with Crippen molar-refractivity contribution in [2.24, 2.45) is 0 Å². The van der Waals surface area contributed by atoms with Gasteiger partial charge < -0.3 is 5.11 Å². The summed E-state index contributed by atoms with van der Waals surface area (Å²) < 4.78 is 0.799. The highest BCUT2D eigenvalue weighted by molar-refractivity contribution is 9.10. The molecule has 1 rings (SSSR count). The first-order valence-electron chi connectivity index (χ1n) is 3.16. The van der Waals surface area contributed by atoms with Gasteiger partial charge in [0.1, 0.15) is 6.10 Å². The van der Waals surface area contributed by atoms with E-state index in [4.69, 9.17) is 0 Å². The molecule has 0 spiro atoms. The number of aliphatic hydroxyl groups excluding tert-OH is 1. The largest absolute Gasteiger partial charge is 0.383 e. The molecule has 1 aromatic rings. The van der Waals surface area contributed by atoms with E-state index in [1.165, 1.54) is 6.08 Å². The van der Waals surface area contributed by atoms with Crippen molar-refractivity contribution >= 4 is 15.9 Å². The number of halogens is 1. The quantitative estimate of drug-likeness (QED) is 0.764. The van der Waals surface area contributed by atoms with Crippen LogP contribution in [0, 0.1) is 0 Å². The minimum Gasteiger partial charge on any atom is -0.383 e. The summed E-state index contributed by atoms with van der Waals surface area (Å²) in [6.45, 7) is 3.47. The molecule has 0 amide bonds. The normalized spacial score (nSPS) is 12.5. The van der Waals surface area contributed by atoms with E-state index in [9.17, 15) is 5.11 Å². The zero-order valence-corrected chi connectivity index (χ0v) is 7.45. The molecule has 58 valence electrons. The van der Waals surface area contributed by atoms with E-state index in [2.05, 4.69) is 27.5 Å². The van der Waals surface area contributed by atoms with Crippen LogP contribution in [0.1, 0.15) is 11.8 Å². The van der Waals surface area contributed by atoms with E-state index in [1.54, 1.807) is 12.3 Å². The number of rotatable bonds is 2. The average Bonchev–Trinajstić information content (AvgIpc) is 2.04. The number of hydrogen-bond donors (Lipinski definition) is 1. The molecular formula is C8H8BrNO. The van der Waals surface area contributed by atoms with Crippen molar-refractivity contribution in [1.29, 1.82) is 0 Å². The van der Waals surface area contributed by atoms with Crippen molar-refractivity contribution in [3.63, 3.8) is 0 Å². The third-order valence-electron chi connectivity index (χ3n) is 1.29. The van der Waals surface area contributed by atoms with Gasteiger partial charge in [-0.05, 0) is 28.1 Å². The van der Waals surface area contributed by atoms with Gasteiger partial charge in [0.05, 0.1) is 5.69 Å². The molecule has 0 bridgehead atoms. The van der Waals surface area contributed by atoms with E-state index in [-0.39, 0.29) is 0 Å². The molecule has 0 radical (unpaired) electrons. The van der Waals surface area contributed by atoms with Crippen LogP contribution >= 0.6 is 15.9 Å². The maximum absolute atomic E-state index is 9.30. The van der Waals surface area contributed by atoms with Crippen LogP contribution in [0.5, 0.6) is 0 Å². The SMILES string of the molecule is C=CC(O)c1ncccc1Br. The van der Waals surface area contributed by atoms with Gasteiger partial charge in [-0.25, -0.2) is 0 Å². The second-order valence-corrected chi connectivity index (χ2v) is 2.91. The van der Waals surface area contributed by atoms with Gasteiger partial charge >= 0.3 is 0 Å². The summed E-state index contributed by atoms with van der Waals surface area (Å²) in [5.41, 5.74) is 0.600. The molecule has 11 heavy (non-hydrogen) atoms. The summed E-state index contributed by atoms with van der Waals surface area (Å²) in [5.74, 6) is 0. The summed E-state index contributed by atoms with van der Waals surface area (Å²) in [7, 11) is 0. The predicted octanol–water partition coefficient (Wildman–Crippen LogP) is 2.06. The van der Waals surface area contributed by atoms with Gasteiger partial charge in [0.25, 0.3) is 0 Å². The molecule has 1 N–H and O–H groups in total. The van der Waals surface area contributed by atoms with Crippen LogP contribution in [0.15, 0.2) is 35.5 Å². The fourth-order valence-electron chi connectivity index (χ4n) is 0.727. The monoisotopic (exact) mass is 213 g/mol. The van der Waals surface area contributed by atoms with Gasteiger partial charge in [-0.15, -0.1) is 6.58 Å². The molecule has 1 atom stereocenters. The van der Waals surface area contributed by atoms with E-state index >= 15 is 0 Å². The molecule has 0 saturated carbocycles. The zero-order chi connectivity index (χ0) is 8.27. The Morgan fingerprint density at radius 1 is 1.73 bits per heavy atom. The van der Waals surface area contributed by atoms with Crippen molar-refractivity contribution < 1.29 is 5.11 Å². The first kappa shape index (κ1) is 8.43. The van der Waals surface area contributed by atoms with Crippen LogP contribution in [0.2, 0.25) is 0 Å². The van der Waals surface area contributed by atoms with Crippen molar-refractivity contribution in [1.82, 2.24) is 4.98 Å². The molecule has 0 aliphatic rings. The van der Waals surface area contributed by atoms with Crippen LogP contribution in [0.25, 0.3) is 0 Å². The molecule has 0 aliphatic heterocycles. The Labute approximate surface area is 73.7 Å². The van der Waals surface area contributed by atoms with Gasteiger partial charge in [0.15, 0.2) is 0 Å². The molecule has 3 heteroatoms. The Morgan fingerprint density at radius 3 is 3.00 bits per heavy atom. The van der Waals surface area contributed by atoms with Gasteiger partial charge in [-0.2, -0.15) is 0 Å². The van der Waals surface area contributed by atoms with Crippen LogP contribution < -0.4 is 0 Å². The van der Waals surface area contributed by atoms with E-state index in [1.807, 2.05) is 6.07 Å². The molecule has 0 fully saturated rings. The van der Waals surface area contributed by atoms with Crippen molar-refractivity contribution in [3.8, 4) is 0 Å². The Hall–Kier alpha value is -0.670. The highest BCUT2D eigenvalue weighted by Crippen LogP contribution is 2.20. The molecule has 1 heterocycles. The van der Waals surface area contributed by atoms with Crippen LogP contribution in [-0.2, 0) is 0 Å². The van der Waals surface area contributed by atoms with Crippen LogP contribution in [0.3, 0.4) is 0 Å². The highest BCUT2D eigenvalue weighted by atomic mass is 79.9. The molecule has 0 aromatic carbocycles. The standard InChI is InChI=1S/C8H8BrNO/c1-2-7(11)8-6(9)4-3-5-10-8/h2-5,7,11H,1H2. The van der Waals surface area contributed by atoms with Crippen molar-refractivity contribution in [2.45, 2.75) is 6.10 Å². The predicted molar refractivity (Wildman–Crippen MR) is 47.1 cm³/mol. The van der Waals surface area contributed by atoms with E-state index < -0.39 is 6.10 Å². The average molecular weight is 214 g/mol. The lowest BCUT2D eigenvalue weighted by atomic mass is 10.2. The summed E-state index contributed by atoms with van der Waals surface area (Å²) in [5, 5.41) is 9.30. The lowest BCUT2D eigenvalue weighted by Crippen LogP contribution is -1.96. The van der Waals surface area contributed by atoms with E-state index in [0.717, 1.165) is 4.47 Å². The maximum atomic E-state index is 9.30. The topological polar surface area (TPSA) is 33.1 Å². The minimum atomic E-state index is -0.689. The summed E-state index contributed by atoms with van der Waals surface area (Å²) in [6.07, 6.45) is 2.38. The Kier molecular flexibility index (Phi) is 2.79. The molecular weight excluding hydrogens is 206 g/mol. The molecule has 2 nitrogen and oxygen atoms in total. The summed E-state index contributed by atoms with van der Waals surface area (Å²) in [4.78, 5) is 3.98. The molecule has 1 unspecified atom stereocenters. The van der Waals surface area contributed by atoms with Crippen LogP contribution in [-0.4, -0.2) is 10.1 Å². The molecule has 0 aliphatic carbocycles. The smallest absolute Gasteiger partial charge is 0.115 e. The van der Waals surface area contributed by atoms with Gasteiger partial charge in [0.2, 0.25) is 0 Å². The fraction of sp³-hybridized carbons (Fsp3) is 0.125. The third-order valence-corrected chi connectivity index (χ3v) is 1.96. The first-order chi connectivity index (χ1) is 5.25. The highest BCUT2D eigenvalue weighted by Gasteiger charge is 2.06. The maximum Gasteiger partial charge on any atom is 0.115 e. The van der Waals surface area contributed by atoms with Gasteiger partial charge in [-0.1, -0.05) is 6.08 Å². The fourth-order valence-corrected chi connectivity index (χ4v) is 1.22. The third kappa shape index (κ3) is 1.88. The van der Waals surface area contributed by atoms with Crippen molar-refractivity contribution in [2.75, 3.05) is 0 Å². The molecule has 0 saturated heterocycles. The Balaban J connectivity index is 3.02. The number of aliphatic hydroxyl groups is 1. The Bertz CT molecular complexity index is 262. The lowest BCUT2D eigenvalue weighted by Gasteiger charge is -2.05. The Morgan fingerprint density at radius 2 is 2.45 bits per heavy atom. The summed E-state index contributed by atoms with van der Waals surface area (Å²) >= 11 is 3.27. The van der Waals surface area contributed by atoms with Gasteiger partial charge in [-0.3, -0.25) is 4.98 Å². The lowest BCUT2D eigenvalue weighted by molar-refractivity contribution is 0.223. The van der Waals surface area contributed by atoms with Gasteiger partial charge in [0, 0.05) is 10.7 Å². The second kappa shape index (κ2) is 3.64. The first-order valence-corrected chi connectivity index (χ1v) is 3.96. The summed E-state index contributed by atoms with van der Waals surface area (Å²) in [6, 6.07) is 3.62. The number of hydrogen-bond acceptors (Lipinski definition) is 2. The van der Waals surface area contributed by atoms with E-state index in [0.29, 0.717) is 5.69 Å². The minimum absolute atomic E-state index is 0.600. The number of nitrogens with zero attached hydrogens (tertiary/aromatic N) is 1. The van der Waals surface area contributed by atoms with Crippen LogP contribution in [0.4, 0.5) is 0 Å². The number of pyridine rings is 1.